The smallest absolute Gasteiger partial charge is 0.256 e. The van der Waals surface area contributed by atoms with Crippen LogP contribution in [0.1, 0.15) is 22.8 Å². The highest BCUT2D eigenvalue weighted by molar-refractivity contribution is 7.99. The van der Waals surface area contributed by atoms with Gasteiger partial charge in [0.25, 0.3) is 11.8 Å². The summed E-state index contributed by atoms with van der Waals surface area (Å²) < 4.78 is 0. The van der Waals surface area contributed by atoms with Gasteiger partial charge in [-0.25, -0.2) is 0 Å². The lowest BCUT2D eigenvalue weighted by atomic mass is 9.98. The Morgan fingerprint density at radius 3 is 2.34 bits per heavy atom. The molecule has 0 radical (unpaired) electrons. The minimum absolute atomic E-state index is 0.130. The second-order valence-corrected chi connectivity index (χ2v) is 9.35. The molecule has 2 amide bonds. The van der Waals surface area contributed by atoms with Gasteiger partial charge in [0, 0.05) is 42.7 Å². The first kappa shape index (κ1) is 22.0. The number of anilines is 2. The summed E-state index contributed by atoms with van der Waals surface area (Å²) in [5.41, 5.74) is 2.35. The molecule has 3 aromatic carbocycles. The third-order valence-corrected chi connectivity index (χ3v) is 7.15. The number of carbonyl (C=O) groups excluding carboxylic acids is 2. The van der Waals surface area contributed by atoms with Crippen LogP contribution in [0.5, 0.6) is 0 Å². The molecule has 1 heterocycles. The zero-order chi connectivity index (χ0) is 22.7. The van der Waals surface area contributed by atoms with Gasteiger partial charge in [-0.1, -0.05) is 42.5 Å². The lowest BCUT2D eigenvalue weighted by Gasteiger charge is -2.38. The van der Waals surface area contributed by atoms with Crippen LogP contribution in [-0.4, -0.2) is 42.1 Å². The van der Waals surface area contributed by atoms with E-state index in [4.69, 9.17) is 0 Å². The van der Waals surface area contributed by atoms with Crippen molar-refractivity contribution in [2.45, 2.75) is 23.9 Å². The fourth-order valence-corrected chi connectivity index (χ4v) is 4.95. The summed E-state index contributed by atoms with van der Waals surface area (Å²) in [6, 6.07) is 25.1. The molecule has 1 aliphatic heterocycles. The Morgan fingerprint density at radius 1 is 1.00 bits per heavy atom. The van der Waals surface area contributed by atoms with Crippen molar-refractivity contribution in [1.29, 1.82) is 0 Å². The number of fused-ring (bicyclic) bond motifs is 1. The molecule has 0 saturated carbocycles. The zero-order valence-corrected chi connectivity index (χ0v) is 19.4. The van der Waals surface area contributed by atoms with E-state index in [-0.39, 0.29) is 11.8 Å². The Hall–Kier alpha value is -3.25. The highest BCUT2D eigenvalue weighted by atomic mass is 32.2. The first-order valence-electron chi connectivity index (χ1n) is 10.5. The standard InChI is InChI=1S/C26H27N3O2S/c1-26(25(31)27-20-13-15-21(16-14-20)28(2)3)18-32-23-12-8-7-11-22(23)24(30)29(26)17-19-9-5-4-6-10-19/h4-16H,17-18H2,1-3H3,(H,27,31)/t26-/m1/s1. The molecule has 5 nitrogen and oxygen atoms in total. The molecule has 1 aliphatic rings. The van der Waals surface area contributed by atoms with Gasteiger partial charge in [-0.15, -0.1) is 11.8 Å². The number of nitrogens with zero attached hydrogens (tertiary/aromatic N) is 2. The molecule has 0 unspecified atom stereocenters. The van der Waals surface area contributed by atoms with Crippen molar-refractivity contribution in [3.63, 3.8) is 0 Å². The van der Waals surface area contributed by atoms with Crippen LogP contribution in [0.15, 0.2) is 83.8 Å². The topological polar surface area (TPSA) is 52.7 Å². The van der Waals surface area contributed by atoms with Crippen molar-refractivity contribution in [3.05, 3.63) is 90.0 Å². The van der Waals surface area contributed by atoms with Gasteiger partial charge >= 0.3 is 0 Å². The summed E-state index contributed by atoms with van der Waals surface area (Å²) in [7, 11) is 3.95. The Labute approximate surface area is 193 Å². The van der Waals surface area contributed by atoms with Gasteiger partial charge in [0.15, 0.2) is 0 Å². The van der Waals surface area contributed by atoms with E-state index < -0.39 is 5.54 Å². The summed E-state index contributed by atoms with van der Waals surface area (Å²) in [5, 5.41) is 3.04. The van der Waals surface area contributed by atoms with E-state index in [1.54, 1.807) is 16.7 Å². The molecule has 6 heteroatoms. The largest absolute Gasteiger partial charge is 0.378 e. The van der Waals surface area contributed by atoms with Crippen molar-refractivity contribution in [2.24, 2.45) is 0 Å². The van der Waals surface area contributed by atoms with Crippen molar-refractivity contribution in [3.8, 4) is 0 Å². The monoisotopic (exact) mass is 445 g/mol. The van der Waals surface area contributed by atoms with E-state index >= 15 is 0 Å². The number of amides is 2. The quantitative estimate of drug-likeness (QED) is 0.607. The van der Waals surface area contributed by atoms with E-state index in [0.29, 0.717) is 23.5 Å². The van der Waals surface area contributed by atoms with Crippen LogP contribution in [0.3, 0.4) is 0 Å². The molecule has 0 aromatic heterocycles. The number of hydrogen-bond acceptors (Lipinski definition) is 4. The molecule has 0 spiro atoms. The molecule has 0 fully saturated rings. The molecular weight excluding hydrogens is 418 g/mol. The summed E-state index contributed by atoms with van der Waals surface area (Å²) in [4.78, 5) is 31.9. The Balaban J connectivity index is 1.68. The van der Waals surface area contributed by atoms with Crippen LogP contribution in [0.4, 0.5) is 11.4 Å². The summed E-state index contributed by atoms with van der Waals surface area (Å²) in [6.07, 6.45) is 0. The number of carbonyl (C=O) groups is 2. The van der Waals surface area contributed by atoms with E-state index in [9.17, 15) is 9.59 Å². The Kier molecular flexibility index (Phi) is 6.24. The first-order chi connectivity index (χ1) is 15.4. The average molecular weight is 446 g/mol. The van der Waals surface area contributed by atoms with Crippen LogP contribution < -0.4 is 10.2 Å². The van der Waals surface area contributed by atoms with Gasteiger partial charge in [-0.2, -0.15) is 0 Å². The SMILES string of the molecule is CN(C)c1ccc(NC(=O)[C@@]2(C)CSc3ccccc3C(=O)N2Cc2ccccc2)cc1. The van der Waals surface area contributed by atoms with Gasteiger partial charge in [0.05, 0.1) is 5.56 Å². The molecule has 0 saturated heterocycles. The van der Waals surface area contributed by atoms with Crippen molar-refractivity contribution in [2.75, 3.05) is 30.1 Å². The van der Waals surface area contributed by atoms with Crippen LogP contribution >= 0.6 is 11.8 Å². The van der Waals surface area contributed by atoms with Gasteiger partial charge in [0.1, 0.15) is 5.54 Å². The first-order valence-corrected chi connectivity index (χ1v) is 11.5. The minimum Gasteiger partial charge on any atom is -0.378 e. The molecular formula is C26H27N3O2S. The summed E-state index contributed by atoms with van der Waals surface area (Å²) in [5.74, 6) is 0.138. The number of benzene rings is 3. The number of rotatable bonds is 5. The van der Waals surface area contributed by atoms with Gasteiger partial charge in [-0.05, 0) is 48.9 Å². The molecule has 0 bridgehead atoms. The highest BCUT2D eigenvalue weighted by Crippen LogP contribution is 2.36. The van der Waals surface area contributed by atoms with E-state index in [2.05, 4.69) is 5.32 Å². The zero-order valence-electron chi connectivity index (χ0n) is 18.5. The number of hydrogen-bond donors (Lipinski definition) is 1. The molecule has 0 aliphatic carbocycles. The van der Waals surface area contributed by atoms with E-state index in [1.807, 2.05) is 105 Å². The number of thioether (sulfide) groups is 1. The van der Waals surface area contributed by atoms with Crippen molar-refractivity contribution < 1.29 is 9.59 Å². The molecule has 164 valence electrons. The van der Waals surface area contributed by atoms with Crippen LogP contribution in [-0.2, 0) is 11.3 Å². The van der Waals surface area contributed by atoms with Gasteiger partial charge in [-0.3, -0.25) is 9.59 Å². The highest BCUT2D eigenvalue weighted by Gasteiger charge is 2.45. The molecule has 32 heavy (non-hydrogen) atoms. The maximum atomic E-state index is 13.7. The summed E-state index contributed by atoms with van der Waals surface area (Å²) >= 11 is 1.55. The van der Waals surface area contributed by atoms with Crippen molar-refractivity contribution in [1.82, 2.24) is 4.90 Å². The van der Waals surface area contributed by atoms with E-state index in [1.165, 1.54) is 0 Å². The number of nitrogens with one attached hydrogen (secondary N) is 1. The third-order valence-electron chi connectivity index (χ3n) is 5.78. The van der Waals surface area contributed by atoms with Gasteiger partial charge in [0.2, 0.25) is 0 Å². The maximum absolute atomic E-state index is 13.7. The molecule has 4 rings (SSSR count). The van der Waals surface area contributed by atoms with Gasteiger partial charge < -0.3 is 15.1 Å². The molecule has 3 aromatic rings. The fourth-order valence-electron chi connectivity index (χ4n) is 3.74. The van der Waals surface area contributed by atoms with E-state index in [0.717, 1.165) is 16.1 Å². The third kappa shape index (κ3) is 4.36. The molecule has 1 atom stereocenters. The summed E-state index contributed by atoms with van der Waals surface area (Å²) in [6.45, 7) is 2.22. The second kappa shape index (κ2) is 9.09. The second-order valence-electron chi connectivity index (χ2n) is 8.33. The predicted molar refractivity (Wildman–Crippen MR) is 131 cm³/mol. The normalized spacial score (nSPS) is 18.0. The van der Waals surface area contributed by atoms with Crippen LogP contribution in [0, 0.1) is 0 Å². The molecule has 1 N–H and O–H groups in total. The lowest BCUT2D eigenvalue weighted by Crippen LogP contribution is -2.57. The Morgan fingerprint density at radius 2 is 1.66 bits per heavy atom. The lowest BCUT2D eigenvalue weighted by molar-refractivity contribution is -0.125. The van der Waals surface area contributed by atoms with Crippen LogP contribution in [0.25, 0.3) is 0 Å². The maximum Gasteiger partial charge on any atom is 0.256 e. The fraction of sp³-hybridized carbons (Fsp3) is 0.231. The minimum atomic E-state index is -1.03. The van der Waals surface area contributed by atoms with Crippen LogP contribution in [0.2, 0.25) is 0 Å². The average Bonchev–Trinajstić information content (AvgIpc) is 2.91. The van der Waals surface area contributed by atoms with Crippen molar-refractivity contribution >= 4 is 35.0 Å². The Bertz CT molecular complexity index is 1120. The predicted octanol–water partition coefficient (Wildman–Crippen LogP) is 4.90.